The van der Waals surface area contributed by atoms with E-state index in [1.54, 1.807) is 23.1 Å². The summed E-state index contributed by atoms with van der Waals surface area (Å²) in [7, 11) is 0. The van der Waals surface area contributed by atoms with Gasteiger partial charge in [-0.2, -0.15) is 0 Å². The van der Waals surface area contributed by atoms with Crippen molar-refractivity contribution in [3.63, 3.8) is 0 Å². The summed E-state index contributed by atoms with van der Waals surface area (Å²) in [4.78, 5) is 31.8. The van der Waals surface area contributed by atoms with Crippen molar-refractivity contribution in [1.29, 1.82) is 0 Å². The van der Waals surface area contributed by atoms with Gasteiger partial charge in [0.1, 0.15) is 17.4 Å². The monoisotopic (exact) mass is 469 g/mol. The summed E-state index contributed by atoms with van der Waals surface area (Å²) in [6.45, 7) is 3.83. The highest BCUT2D eigenvalue weighted by Crippen LogP contribution is 2.24. The fourth-order valence-corrected chi connectivity index (χ4v) is 4.40. The topological polar surface area (TPSA) is 71.5 Å². The lowest BCUT2D eigenvalue weighted by atomic mass is 10.1. The van der Waals surface area contributed by atoms with E-state index in [9.17, 15) is 9.59 Å². The van der Waals surface area contributed by atoms with Gasteiger partial charge in [-0.25, -0.2) is 4.98 Å². The fraction of sp³-hybridized carbons (Fsp3) is 0.292. The van der Waals surface area contributed by atoms with Crippen LogP contribution in [0.2, 0.25) is 5.02 Å². The van der Waals surface area contributed by atoms with E-state index in [4.69, 9.17) is 16.3 Å². The van der Waals surface area contributed by atoms with Crippen molar-refractivity contribution in [2.75, 3.05) is 18.4 Å². The minimum absolute atomic E-state index is 0.107. The number of amides is 2. The molecule has 8 heteroatoms. The van der Waals surface area contributed by atoms with Gasteiger partial charge in [0.15, 0.2) is 0 Å². The molecule has 166 valence electrons. The maximum Gasteiger partial charge on any atom is 0.256 e. The molecule has 0 atom stereocenters. The molecule has 1 saturated heterocycles. The van der Waals surface area contributed by atoms with E-state index >= 15 is 0 Å². The minimum Gasteiger partial charge on any atom is -0.486 e. The number of aromatic nitrogens is 1. The molecular formula is C24H24ClN3O3S. The standard InChI is InChI=1S/C24H24ClN3O3S/c1-16-4-7-19(8-5-16)31-14-23-26-18(15-32-23)13-22(29)27-21-9-6-17(25)12-20(21)24(30)28-10-2-3-11-28/h4-9,12,15H,2-3,10-11,13-14H2,1H3,(H,27,29). The number of carbonyl (C=O) groups excluding carboxylic acids is 2. The molecule has 3 aromatic rings. The van der Waals surface area contributed by atoms with E-state index in [2.05, 4.69) is 10.3 Å². The maximum absolute atomic E-state index is 12.9. The molecule has 1 aliphatic heterocycles. The lowest BCUT2D eigenvalue weighted by Crippen LogP contribution is -2.29. The first kappa shape index (κ1) is 22.3. The smallest absolute Gasteiger partial charge is 0.256 e. The van der Waals surface area contributed by atoms with E-state index in [0.29, 0.717) is 28.6 Å². The predicted molar refractivity (Wildman–Crippen MR) is 127 cm³/mol. The molecule has 2 heterocycles. The van der Waals surface area contributed by atoms with Gasteiger partial charge in [0, 0.05) is 23.5 Å². The average Bonchev–Trinajstić information content (AvgIpc) is 3.46. The van der Waals surface area contributed by atoms with Crippen LogP contribution in [0.4, 0.5) is 5.69 Å². The number of nitrogens with zero attached hydrogens (tertiary/aromatic N) is 2. The molecule has 0 bridgehead atoms. The molecule has 32 heavy (non-hydrogen) atoms. The number of carbonyl (C=O) groups is 2. The molecule has 0 spiro atoms. The Balaban J connectivity index is 1.37. The maximum atomic E-state index is 12.9. The molecular weight excluding hydrogens is 446 g/mol. The normalized spacial score (nSPS) is 13.2. The summed E-state index contributed by atoms with van der Waals surface area (Å²) < 4.78 is 5.76. The third-order valence-corrected chi connectivity index (χ3v) is 6.31. The van der Waals surface area contributed by atoms with Gasteiger partial charge in [0.25, 0.3) is 5.91 Å². The van der Waals surface area contributed by atoms with Gasteiger partial charge in [0.05, 0.1) is 23.4 Å². The van der Waals surface area contributed by atoms with Gasteiger partial charge >= 0.3 is 0 Å². The number of hydrogen-bond acceptors (Lipinski definition) is 5. The van der Waals surface area contributed by atoms with Gasteiger partial charge in [-0.1, -0.05) is 29.3 Å². The van der Waals surface area contributed by atoms with Crippen LogP contribution in [0.5, 0.6) is 5.75 Å². The molecule has 6 nitrogen and oxygen atoms in total. The highest BCUT2D eigenvalue weighted by atomic mass is 35.5. The van der Waals surface area contributed by atoms with E-state index in [1.807, 2.05) is 36.6 Å². The Kier molecular flexibility index (Phi) is 7.07. The number of benzene rings is 2. The molecule has 2 aromatic carbocycles. The van der Waals surface area contributed by atoms with Crippen LogP contribution in [-0.4, -0.2) is 34.8 Å². The van der Waals surface area contributed by atoms with Crippen LogP contribution in [0.25, 0.3) is 0 Å². The summed E-state index contributed by atoms with van der Waals surface area (Å²) in [5, 5.41) is 5.96. The summed E-state index contributed by atoms with van der Waals surface area (Å²) in [6, 6.07) is 12.8. The van der Waals surface area contributed by atoms with Crippen LogP contribution in [-0.2, 0) is 17.8 Å². The molecule has 1 fully saturated rings. The van der Waals surface area contributed by atoms with Crippen molar-refractivity contribution < 1.29 is 14.3 Å². The molecule has 4 rings (SSSR count). The van der Waals surface area contributed by atoms with Crippen molar-refractivity contribution >= 4 is 40.4 Å². The second-order valence-electron chi connectivity index (χ2n) is 7.75. The zero-order valence-corrected chi connectivity index (χ0v) is 19.3. The largest absolute Gasteiger partial charge is 0.486 e. The first-order chi connectivity index (χ1) is 15.5. The van der Waals surface area contributed by atoms with Crippen molar-refractivity contribution in [2.45, 2.75) is 32.8 Å². The Morgan fingerprint density at radius 1 is 1.16 bits per heavy atom. The molecule has 1 aliphatic rings. The Morgan fingerprint density at radius 2 is 1.91 bits per heavy atom. The number of halogens is 1. The van der Waals surface area contributed by atoms with Crippen LogP contribution < -0.4 is 10.1 Å². The molecule has 1 aromatic heterocycles. The summed E-state index contributed by atoms with van der Waals surface area (Å²) in [6.07, 6.45) is 2.10. The van der Waals surface area contributed by atoms with Gasteiger partial charge in [-0.15, -0.1) is 11.3 Å². The van der Waals surface area contributed by atoms with Crippen LogP contribution in [0.15, 0.2) is 47.8 Å². The van der Waals surface area contributed by atoms with E-state index in [-0.39, 0.29) is 18.2 Å². The highest BCUT2D eigenvalue weighted by Gasteiger charge is 2.23. The molecule has 0 radical (unpaired) electrons. The van der Waals surface area contributed by atoms with Gasteiger partial charge in [-0.05, 0) is 50.1 Å². The summed E-state index contributed by atoms with van der Waals surface area (Å²) >= 11 is 7.57. The van der Waals surface area contributed by atoms with Gasteiger partial charge in [-0.3, -0.25) is 9.59 Å². The third-order valence-electron chi connectivity index (χ3n) is 5.20. The number of anilines is 1. The summed E-state index contributed by atoms with van der Waals surface area (Å²) in [5.41, 5.74) is 2.72. The average molecular weight is 470 g/mol. The van der Waals surface area contributed by atoms with Crippen LogP contribution in [0.1, 0.15) is 39.5 Å². The Bertz CT molecular complexity index is 1110. The van der Waals surface area contributed by atoms with Crippen molar-refractivity contribution in [1.82, 2.24) is 9.88 Å². The Hall–Kier alpha value is -2.90. The van der Waals surface area contributed by atoms with Crippen molar-refractivity contribution in [3.8, 4) is 5.75 Å². The molecule has 2 amide bonds. The SMILES string of the molecule is Cc1ccc(OCc2nc(CC(=O)Nc3ccc(Cl)cc3C(=O)N3CCCC3)cs2)cc1. The van der Waals surface area contributed by atoms with Crippen molar-refractivity contribution in [2.24, 2.45) is 0 Å². The first-order valence-corrected chi connectivity index (χ1v) is 11.7. The van der Waals surface area contributed by atoms with Crippen molar-refractivity contribution in [3.05, 3.63) is 74.7 Å². The van der Waals surface area contributed by atoms with E-state index in [1.165, 1.54) is 16.9 Å². The number of rotatable bonds is 7. The van der Waals surface area contributed by atoms with E-state index < -0.39 is 0 Å². The molecule has 1 N–H and O–H groups in total. The lowest BCUT2D eigenvalue weighted by molar-refractivity contribution is -0.115. The second-order valence-corrected chi connectivity index (χ2v) is 9.13. The quantitative estimate of drug-likeness (QED) is 0.522. The van der Waals surface area contributed by atoms with Gasteiger partial charge < -0.3 is 15.0 Å². The zero-order chi connectivity index (χ0) is 22.5. The second kappa shape index (κ2) is 10.1. The molecule has 0 saturated carbocycles. The zero-order valence-electron chi connectivity index (χ0n) is 17.8. The minimum atomic E-state index is -0.237. The Morgan fingerprint density at radius 3 is 2.66 bits per heavy atom. The predicted octanol–water partition coefficient (Wildman–Crippen LogP) is 5.10. The number of aryl methyl sites for hydroxylation is 1. The van der Waals surface area contributed by atoms with Crippen LogP contribution >= 0.6 is 22.9 Å². The fourth-order valence-electron chi connectivity index (χ4n) is 3.53. The van der Waals surface area contributed by atoms with Gasteiger partial charge in [0.2, 0.25) is 5.91 Å². The first-order valence-electron chi connectivity index (χ1n) is 10.5. The van der Waals surface area contributed by atoms with Crippen LogP contribution in [0, 0.1) is 6.92 Å². The number of hydrogen-bond donors (Lipinski definition) is 1. The highest BCUT2D eigenvalue weighted by molar-refractivity contribution is 7.09. The summed E-state index contributed by atoms with van der Waals surface area (Å²) in [5.74, 6) is 0.437. The van der Waals surface area contributed by atoms with Crippen LogP contribution in [0.3, 0.4) is 0 Å². The Labute approximate surface area is 196 Å². The molecule has 0 aliphatic carbocycles. The number of likely N-dealkylation sites (tertiary alicyclic amines) is 1. The third kappa shape index (κ3) is 5.66. The number of thiazole rings is 1. The number of nitrogens with one attached hydrogen (secondary N) is 1. The van der Waals surface area contributed by atoms with E-state index in [0.717, 1.165) is 36.7 Å². The number of ether oxygens (including phenoxy) is 1. The molecule has 0 unspecified atom stereocenters. The lowest BCUT2D eigenvalue weighted by Gasteiger charge is -2.18.